The largest absolute Gasteiger partial charge is 0.491 e. The number of nitrogens with one attached hydrogen (secondary N) is 3. The average molecular weight is 829 g/mol. The molecule has 5 N–H and O–H groups in total. The van der Waals surface area contributed by atoms with E-state index in [1.54, 1.807) is 25.3 Å². The Bertz CT molecular complexity index is 2780. The van der Waals surface area contributed by atoms with E-state index in [0.717, 1.165) is 73.2 Å². The number of amides is 1. The van der Waals surface area contributed by atoms with Gasteiger partial charge in [-0.25, -0.2) is 19.9 Å². The fourth-order valence-corrected chi connectivity index (χ4v) is 8.28. The van der Waals surface area contributed by atoms with E-state index in [0.29, 0.717) is 58.2 Å². The van der Waals surface area contributed by atoms with Gasteiger partial charge in [-0.1, -0.05) is 0 Å². The number of methoxy groups -OCH3 is 2. The molecule has 1 amide bonds. The predicted molar refractivity (Wildman–Crippen MR) is 227 cm³/mol. The van der Waals surface area contributed by atoms with Gasteiger partial charge in [-0.2, -0.15) is 0 Å². The molecule has 0 spiro atoms. The molecule has 4 atom stereocenters. The zero-order chi connectivity index (χ0) is 42.0. The van der Waals surface area contributed by atoms with Gasteiger partial charge in [0.05, 0.1) is 83.4 Å². The second-order valence-electron chi connectivity index (χ2n) is 15.2. The van der Waals surface area contributed by atoms with E-state index in [4.69, 9.17) is 28.9 Å². The monoisotopic (exact) mass is 828 g/mol. The number of aliphatic hydroxyl groups is 2. The smallest absolute Gasteiger partial charge is 0.220 e. The predicted octanol–water partition coefficient (Wildman–Crippen LogP) is 4.86. The molecular formula is C44H48N10O7. The van der Waals surface area contributed by atoms with Gasteiger partial charge in [-0.05, 0) is 67.1 Å². The first-order valence-electron chi connectivity index (χ1n) is 20.3. The van der Waals surface area contributed by atoms with E-state index in [-0.39, 0.29) is 24.1 Å². The second kappa shape index (κ2) is 17.3. The van der Waals surface area contributed by atoms with Crippen LogP contribution in [0.15, 0.2) is 85.5 Å². The number of imidazole rings is 2. The van der Waals surface area contributed by atoms with Crippen molar-refractivity contribution >= 4 is 39.3 Å². The second-order valence-corrected chi connectivity index (χ2v) is 15.2. The summed E-state index contributed by atoms with van der Waals surface area (Å²) in [4.78, 5) is 39.3. The molecule has 8 aromatic rings. The zero-order valence-corrected chi connectivity index (χ0v) is 34.1. The molecule has 0 aliphatic carbocycles. The number of fused-ring (bicyclic) bond motifs is 6. The normalized spacial score (nSPS) is 19.0. The van der Waals surface area contributed by atoms with E-state index in [1.807, 2.05) is 83.7 Å². The minimum Gasteiger partial charge on any atom is -0.491 e. The number of hydrogen-bond donors (Lipinski definition) is 5. The molecule has 2 aromatic carbocycles. The number of H-pyrrole nitrogens is 2. The van der Waals surface area contributed by atoms with Crippen LogP contribution in [0.2, 0.25) is 0 Å². The van der Waals surface area contributed by atoms with Crippen LogP contribution in [0.1, 0.15) is 43.5 Å². The van der Waals surface area contributed by atoms with Gasteiger partial charge in [0.2, 0.25) is 5.91 Å². The number of ether oxygens (including phenoxy) is 4. The molecule has 2 aliphatic rings. The number of aromatic amines is 2. The van der Waals surface area contributed by atoms with Crippen LogP contribution in [0.3, 0.4) is 0 Å². The molecule has 0 radical (unpaired) electrons. The summed E-state index contributed by atoms with van der Waals surface area (Å²) in [6.07, 6.45) is 7.49. The number of rotatable bonds is 12. The lowest BCUT2D eigenvalue weighted by Crippen LogP contribution is -2.30. The molecule has 316 valence electrons. The number of hydrogen-bond acceptors (Lipinski definition) is 12. The van der Waals surface area contributed by atoms with Crippen molar-refractivity contribution < 1.29 is 34.0 Å². The molecule has 2 saturated heterocycles. The third-order valence-corrected chi connectivity index (χ3v) is 11.2. The van der Waals surface area contributed by atoms with Crippen LogP contribution in [0, 0.1) is 0 Å². The first kappa shape index (κ1) is 40.1. The summed E-state index contributed by atoms with van der Waals surface area (Å²) in [6.45, 7) is 4.47. The summed E-state index contributed by atoms with van der Waals surface area (Å²) in [6, 6.07) is 19.2. The Kier molecular flexibility index (Phi) is 11.4. The number of likely N-dealkylation sites (tertiary alicyclic amines) is 1. The Labute approximate surface area is 350 Å². The van der Waals surface area contributed by atoms with Crippen molar-refractivity contribution in [3.8, 4) is 34.0 Å². The van der Waals surface area contributed by atoms with Gasteiger partial charge in [0, 0.05) is 64.2 Å². The number of aromatic nitrogens is 8. The lowest BCUT2D eigenvalue weighted by Gasteiger charge is -2.22. The summed E-state index contributed by atoms with van der Waals surface area (Å²) in [5, 5.41) is 23.7. The summed E-state index contributed by atoms with van der Waals surface area (Å²) in [7, 11) is 3.29. The summed E-state index contributed by atoms with van der Waals surface area (Å²) >= 11 is 0. The fourth-order valence-electron chi connectivity index (χ4n) is 8.28. The molecule has 6 aromatic heterocycles. The van der Waals surface area contributed by atoms with Gasteiger partial charge in [0.25, 0.3) is 0 Å². The molecule has 17 heteroatoms. The lowest BCUT2D eigenvalue weighted by molar-refractivity contribution is -0.130. The molecule has 10 rings (SSSR count). The van der Waals surface area contributed by atoms with Crippen molar-refractivity contribution in [3.63, 3.8) is 0 Å². The molecule has 61 heavy (non-hydrogen) atoms. The number of carbonyl (C=O) groups is 1. The topological polar surface area (TPSA) is 202 Å². The Morgan fingerprint density at radius 1 is 0.689 bits per heavy atom. The van der Waals surface area contributed by atoms with Crippen LogP contribution >= 0.6 is 0 Å². The molecule has 0 saturated carbocycles. The van der Waals surface area contributed by atoms with Crippen LogP contribution in [-0.4, -0.2) is 126 Å². The van der Waals surface area contributed by atoms with E-state index in [2.05, 4.69) is 29.7 Å². The maximum Gasteiger partial charge on any atom is 0.220 e. The van der Waals surface area contributed by atoms with E-state index >= 15 is 0 Å². The van der Waals surface area contributed by atoms with Crippen LogP contribution in [0.5, 0.6) is 11.5 Å². The van der Waals surface area contributed by atoms with Gasteiger partial charge < -0.3 is 49.3 Å². The maximum absolute atomic E-state index is 12.3. The van der Waals surface area contributed by atoms with Crippen molar-refractivity contribution in [1.82, 2.24) is 48.9 Å². The Morgan fingerprint density at radius 3 is 1.70 bits per heavy atom. The van der Waals surface area contributed by atoms with Gasteiger partial charge in [0.15, 0.2) is 11.3 Å². The third-order valence-electron chi connectivity index (χ3n) is 11.2. The number of β-amino-alcohol motifs (C(OH)–C–C–N with tert-alkyl or cyclic N) is 2. The highest BCUT2D eigenvalue weighted by molar-refractivity contribution is 5.86. The Morgan fingerprint density at radius 2 is 1.21 bits per heavy atom. The maximum atomic E-state index is 12.3. The van der Waals surface area contributed by atoms with Gasteiger partial charge in [-0.3, -0.25) is 13.6 Å². The molecule has 17 nitrogen and oxygen atoms in total. The highest BCUT2D eigenvalue weighted by Crippen LogP contribution is 2.37. The Hall–Kier alpha value is -6.37. The Balaban J connectivity index is 0.000000157. The standard InChI is InChI=1S/C23H25N5O4.C21H23N5O3/c1-14(29)27-13-16(30)11-19(27)23-26-21(15-3-5-17(6-4-15)32-10-9-31-2)20-12-25-22-18(28(20)23)7-8-24-22;1-28-8-9-29-15-4-2-13(3-5-15)19-18-12-24-20-17(6-7-22-20)26(18)21(25-19)16-10-14(27)11-23-16/h3-8,12,16,19,24,30H,9-11,13H2,1-2H3;2-7,12,14,16,22-23,27H,8-11H2,1H3/t16-,19-;14-,16-/m11/s1. The van der Waals surface area contributed by atoms with Crippen molar-refractivity contribution in [2.45, 2.75) is 44.1 Å². The van der Waals surface area contributed by atoms with Gasteiger partial charge in [0.1, 0.15) is 36.4 Å². The van der Waals surface area contributed by atoms with Crippen LogP contribution in [0.4, 0.5) is 0 Å². The molecule has 0 unspecified atom stereocenters. The van der Waals surface area contributed by atoms with Crippen LogP contribution in [-0.2, 0) is 14.3 Å². The molecule has 8 heterocycles. The fraction of sp³-hybridized carbons (Fsp3) is 0.341. The first-order chi connectivity index (χ1) is 29.8. The van der Waals surface area contributed by atoms with Crippen molar-refractivity contribution in [3.05, 3.63) is 97.1 Å². The molecule has 2 fully saturated rings. The van der Waals surface area contributed by atoms with Crippen LogP contribution in [0.25, 0.3) is 55.9 Å². The first-order valence-corrected chi connectivity index (χ1v) is 20.3. The average Bonchev–Trinajstić information content (AvgIpc) is 4.13. The molecular weight excluding hydrogens is 781 g/mol. The molecule has 0 bridgehead atoms. The van der Waals surface area contributed by atoms with E-state index < -0.39 is 6.10 Å². The lowest BCUT2D eigenvalue weighted by atomic mass is 10.1. The highest BCUT2D eigenvalue weighted by atomic mass is 16.5. The zero-order valence-electron chi connectivity index (χ0n) is 34.1. The quantitative estimate of drug-likeness (QED) is 0.105. The minimum absolute atomic E-state index is 0.0107. The minimum atomic E-state index is -0.577. The third kappa shape index (κ3) is 7.89. The highest BCUT2D eigenvalue weighted by Gasteiger charge is 2.37. The van der Waals surface area contributed by atoms with Crippen molar-refractivity contribution in [1.29, 1.82) is 0 Å². The SMILES string of the molecule is COCCOc1ccc(-c2nc([C@H]3C[C@@H](O)CN3)n3c2cnc2[nH]ccc23)cc1.COCCOc1ccc(-c2nc([C@H]3C[C@@H](O)CN3C(C)=O)n3c2cnc2[nH]ccc23)cc1. The summed E-state index contributed by atoms with van der Waals surface area (Å²) in [5.41, 5.74) is 8.69. The van der Waals surface area contributed by atoms with Gasteiger partial charge >= 0.3 is 0 Å². The van der Waals surface area contributed by atoms with Crippen LogP contribution < -0.4 is 14.8 Å². The van der Waals surface area contributed by atoms with Gasteiger partial charge in [-0.15, -0.1) is 0 Å². The van der Waals surface area contributed by atoms with Crippen molar-refractivity contribution in [2.24, 2.45) is 0 Å². The van der Waals surface area contributed by atoms with Crippen molar-refractivity contribution in [2.75, 3.05) is 53.7 Å². The van der Waals surface area contributed by atoms with E-state index in [9.17, 15) is 15.0 Å². The number of benzene rings is 2. The summed E-state index contributed by atoms with van der Waals surface area (Å²) in [5.74, 6) is 3.07. The number of aliphatic hydroxyl groups excluding tert-OH is 2. The number of carbonyl (C=O) groups excluding carboxylic acids is 1. The molecule has 2 aliphatic heterocycles. The summed E-state index contributed by atoms with van der Waals surface area (Å²) < 4.78 is 25.6. The van der Waals surface area contributed by atoms with E-state index in [1.165, 1.54) is 6.92 Å². The number of nitrogens with zero attached hydrogens (tertiary/aromatic N) is 7.